The van der Waals surface area contributed by atoms with Crippen LogP contribution in [0, 0.1) is 13.8 Å². The van der Waals surface area contributed by atoms with Crippen LogP contribution < -0.4 is 5.32 Å². The van der Waals surface area contributed by atoms with Crippen molar-refractivity contribution in [3.8, 4) is 0 Å². The third-order valence-corrected chi connectivity index (χ3v) is 3.81. The van der Waals surface area contributed by atoms with Crippen LogP contribution in [0.15, 0.2) is 23.1 Å². The predicted molar refractivity (Wildman–Crippen MR) is 73.4 cm³/mol. The summed E-state index contributed by atoms with van der Waals surface area (Å²) < 4.78 is 23.0. The van der Waals surface area contributed by atoms with Gasteiger partial charge >= 0.3 is 0 Å². The largest absolute Gasteiger partial charge is 0.289 e. The number of carbonyl (C=O) groups is 1. The van der Waals surface area contributed by atoms with Gasteiger partial charge in [0, 0.05) is 11.8 Å². The first-order valence-electron chi connectivity index (χ1n) is 5.78. The Kier molecular flexibility index (Phi) is 3.58. The zero-order valence-corrected chi connectivity index (χ0v) is 12.1. The minimum Gasteiger partial charge on any atom is -0.289 e. The molecule has 1 heterocycles. The van der Waals surface area contributed by atoms with Gasteiger partial charge in [-0.1, -0.05) is 6.07 Å². The maximum atomic E-state index is 12.1. The van der Waals surface area contributed by atoms with Crippen molar-refractivity contribution in [2.45, 2.75) is 18.7 Å². The first kappa shape index (κ1) is 14.2. The summed E-state index contributed by atoms with van der Waals surface area (Å²) in [6.45, 7) is 3.43. The van der Waals surface area contributed by atoms with E-state index in [1.165, 1.54) is 12.1 Å². The molecule has 0 atom stereocenters. The number of benzene rings is 1. The highest BCUT2D eigenvalue weighted by molar-refractivity contribution is 7.90. The quantitative estimate of drug-likeness (QED) is 0.881. The lowest BCUT2D eigenvalue weighted by Gasteiger charge is -2.07. The summed E-state index contributed by atoms with van der Waals surface area (Å²) in [6, 6.07) is 4.41. The van der Waals surface area contributed by atoms with Crippen molar-refractivity contribution in [3.63, 3.8) is 0 Å². The number of rotatable bonds is 3. The minimum absolute atomic E-state index is 0.0967. The summed E-state index contributed by atoms with van der Waals surface area (Å²) in [5.41, 5.74) is 0.942. The van der Waals surface area contributed by atoms with E-state index in [1.54, 1.807) is 19.9 Å². The average Bonchev–Trinajstić information content (AvgIpc) is 2.73. The van der Waals surface area contributed by atoms with Crippen LogP contribution in [-0.2, 0) is 9.84 Å². The second-order valence-electron chi connectivity index (χ2n) is 4.45. The molecule has 8 heteroatoms. The lowest BCUT2D eigenvalue weighted by atomic mass is 10.1. The molecule has 0 spiro atoms. The predicted octanol–water partition coefficient (Wildman–Crippen LogP) is 1.08. The first-order chi connectivity index (χ1) is 9.27. The second kappa shape index (κ2) is 5.04. The number of anilines is 1. The van der Waals surface area contributed by atoms with Crippen LogP contribution in [-0.4, -0.2) is 35.8 Å². The van der Waals surface area contributed by atoms with Gasteiger partial charge in [-0.25, -0.2) is 8.42 Å². The van der Waals surface area contributed by atoms with E-state index in [2.05, 4.69) is 20.5 Å². The van der Waals surface area contributed by atoms with Crippen LogP contribution in [0.5, 0.6) is 0 Å². The number of nitrogens with zero attached hydrogens (tertiary/aromatic N) is 2. The summed E-state index contributed by atoms with van der Waals surface area (Å²) in [5, 5.41) is 8.91. The van der Waals surface area contributed by atoms with Crippen molar-refractivity contribution in [3.05, 3.63) is 35.2 Å². The molecule has 0 aliphatic rings. The lowest BCUT2D eigenvalue weighted by molar-refractivity contribution is 0.102. The fourth-order valence-electron chi connectivity index (χ4n) is 1.64. The number of aromatic nitrogens is 3. The molecule has 0 aliphatic carbocycles. The minimum atomic E-state index is -3.36. The summed E-state index contributed by atoms with van der Waals surface area (Å²) in [4.78, 5) is 16.2. The van der Waals surface area contributed by atoms with Crippen LogP contribution >= 0.6 is 0 Å². The Morgan fingerprint density at radius 1 is 1.30 bits per heavy atom. The monoisotopic (exact) mass is 294 g/mol. The molecule has 0 bridgehead atoms. The van der Waals surface area contributed by atoms with Gasteiger partial charge in [0.25, 0.3) is 5.91 Å². The molecule has 7 nitrogen and oxygen atoms in total. The molecule has 2 N–H and O–H groups in total. The maximum Gasteiger partial charge on any atom is 0.258 e. The molecule has 1 amide bonds. The van der Waals surface area contributed by atoms with E-state index in [0.29, 0.717) is 11.4 Å². The molecule has 0 unspecified atom stereocenters. The van der Waals surface area contributed by atoms with Gasteiger partial charge < -0.3 is 0 Å². The molecule has 2 aromatic rings. The van der Waals surface area contributed by atoms with Gasteiger partial charge in [0.2, 0.25) is 5.95 Å². The van der Waals surface area contributed by atoms with Gasteiger partial charge in [-0.2, -0.15) is 4.98 Å². The number of sulfone groups is 1. The molecule has 0 saturated carbocycles. The molecule has 1 aromatic heterocycles. The number of nitrogens with one attached hydrogen (secondary N) is 2. The second-order valence-corrected chi connectivity index (χ2v) is 6.46. The van der Waals surface area contributed by atoms with Gasteiger partial charge in [0.15, 0.2) is 9.84 Å². The van der Waals surface area contributed by atoms with Crippen LogP contribution in [0.2, 0.25) is 0 Å². The Labute approximate surface area is 116 Å². The van der Waals surface area contributed by atoms with E-state index in [9.17, 15) is 13.2 Å². The number of aromatic amines is 1. The highest BCUT2D eigenvalue weighted by Crippen LogP contribution is 2.16. The van der Waals surface area contributed by atoms with Crippen molar-refractivity contribution >= 4 is 21.7 Å². The summed E-state index contributed by atoms with van der Waals surface area (Å²) in [5.74, 6) is 0.269. The first-order valence-corrected chi connectivity index (χ1v) is 7.67. The fraction of sp³-hybridized carbons (Fsp3) is 0.250. The molecule has 20 heavy (non-hydrogen) atoms. The number of H-pyrrole nitrogens is 1. The number of hydrogen-bond acceptors (Lipinski definition) is 5. The SMILES string of the molecule is Cc1nc(NC(=O)c2cc(S(C)(=O)=O)ccc2C)n[nH]1. The zero-order chi connectivity index (χ0) is 14.9. The van der Waals surface area contributed by atoms with E-state index in [4.69, 9.17) is 0 Å². The number of amides is 1. The third kappa shape index (κ3) is 3.02. The smallest absolute Gasteiger partial charge is 0.258 e. The highest BCUT2D eigenvalue weighted by atomic mass is 32.2. The number of hydrogen-bond donors (Lipinski definition) is 2. The molecule has 1 aromatic carbocycles. The van der Waals surface area contributed by atoms with Gasteiger partial charge in [0.1, 0.15) is 5.82 Å². The number of carbonyl (C=O) groups excluding carboxylic acids is 1. The Bertz CT molecular complexity index is 765. The lowest BCUT2D eigenvalue weighted by Crippen LogP contribution is -2.15. The molecule has 0 radical (unpaired) electrons. The van der Waals surface area contributed by atoms with Crippen molar-refractivity contribution in [2.75, 3.05) is 11.6 Å². The van der Waals surface area contributed by atoms with Crippen LogP contribution in [0.3, 0.4) is 0 Å². The van der Waals surface area contributed by atoms with E-state index in [0.717, 1.165) is 6.26 Å². The van der Waals surface area contributed by atoms with Gasteiger partial charge in [-0.3, -0.25) is 15.2 Å². The van der Waals surface area contributed by atoms with Crippen LogP contribution in [0.25, 0.3) is 0 Å². The summed E-state index contributed by atoms with van der Waals surface area (Å²) in [6.07, 6.45) is 1.10. The maximum absolute atomic E-state index is 12.1. The third-order valence-electron chi connectivity index (χ3n) is 2.70. The Balaban J connectivity index is 2.34. The van der Waals surface area contributed by atoms with Crippen LogP contribution in [0.1, 0.15) is 21.7 Å². The van der Waals surface area contributed by atoms with E-state index < -0.39 is 15.7 Å². The number of aryl methyl sites for hydroxylation is 2. The van der Waals surface area contributed by atoms with E-state index >= 15 is 0 Å². The van der Waals surface area contributed by atoms with Gasteiger partial charge in [0.05, 0.1) is 4.90 Å². The Morgan fingerprint density at radius 3 is 2.55 bits per heavy atom. The van der Waals surface area contributed by atoms with E-state index in [1.807, 2.05) is 0 Å². The normalized spacial score (nSPS) is 11.3. The topological polar surface area (TPSA) is 105 Å². The van der Waals surface area contributed by atoms with E-state index in [-0.39, 0.29) is 16.4 Å². The molecular formula is C12H14N4O3S. The summed E-state index contributed by atoms with van der Waals surface area (Å²) in [7, 11) is -3.36. The molecule has 0 fully saturated rings. The molecular weight excluding hydrogens is 280 g/mol. The van der Waals surface area contributed by atoms with Crippen molar-refractivity contribution in [2.24, 2.45) is 0 Å². The standard InChI is InChI=1S/C12H14N4O3S/c1-7-4-5-9(20(3,18)19)6-10(7)11(17)14-12-13-8(2)15-16-12/h4-6H,1-3H3,(H2,13,14,15,16,17). The zero-order valence-electron chi connectivity index (χ0n) is 11.3. The molecule has 0 aliphatic heterocycles. The average molecular weight is 294 g/mol. The Morgan fingerprint density at radius 2 is 2.00 bits per heavy atom. The Hall–Kier alpha value is -2.22. The van der Waals surface area contributed by atoms with Gasteiger partial charge in [-0.05, 0) is 31.5 Å². The molecule has 2 rings (SSSR count). The van der Waals surface area contributed by atoms with Crippen LogP contribution in [0.4, 0.5) is 5.95 Å². The van der Waals surface area contributed by atoms with Crippen molar-refractivity contribution in [1.29, 1.82) is 0 Å². The fourth-order valence-corrected chi connectivity index (χ4v) is 2.29. The van der Waals surface area contributed by atoms with Crippen molar-refractivity contribution in [1.82, 2.24) is 15.2 Å². The summed E-state index contributed by atoms with van der Waals surface area (Å²) >= 11 is 0. The molecule has 0 saturated heterocycles. The van der Waals surface area contributed by atoms with Gasteiger partial charge in [-0.15, -0.1) is 5.10 Å². The van der Waals surface area contributed by atoms with Crippen molar-refractivity contribution < 1.29 is 13.2 Å². The highest BCUT2D eigenvalue weighted by Gasteiger charge is 2.15. The molecule has 106 valence electrons.